The van der Waals surface area contributed by atoms with Gasteiger partial charge in [-0.1, -0.05) is 141 Å². The van der Waals surface area contributed by atoms with Crippen molar-refractivity contribution in [3.05, 3.63) is 24.3 Å². The number of aliphatic hydroxyl groups excluding tert-OH is 6. The molecule has 0 radical (unpaired) electrons. The molecule has 10 heteroatoms. The molecule has 294 valence electrons. The second kappa shape index (κ2) is 31.2. The van der Waals surface area contributed by atoms with Crippen LogP contribution in [0.4, 0.5) is 0 Å². The summed E-state index contributed by atoms with van der Waals surface area (Å²) in [5, 5.41) is 64.3. The van der Waals surface area contributed by atoms with Gasteiger partial charge in [0.2, 0.25) is 5.91 Å². The standard InChI is InChI=1S/C40H75NO9/c1-3-5-7-9-11-13-15-16-17-19-20-22-24-26-28-33(43)32(31-49-40-38(47)37(46)36(45)35(30-42)50-40)41-39(48)34(44)29-27-25-23-21-18-14-12-10-8-6-4-2/h18,21,26,28,32-38,40,42-47H,3-17,19-20,22-25,27,29-31H2,1-2H3,(H,41,48)/t32?,33?,34?,35-,36-,37+,38-,40?/m1/s1. The molecule has 0 aromatic carbocycles. The van der Waals surface area contributed by atoms with Crippen molar-refractivity contribution in [1.29, 1.82) is 0 Å². The van der Waals surface area contributed by atoms with Gasteiger partial charge in [0, 0.05) is 0 Å². The summed E-state index contributed by atoms with van der Waals surface area (Å²) in [5.41, 5.74) is 0. The van der Waals surface area contributed by atoms with Crippen LogP contribution in [0.5, 0.6) is 0 Å². The Morgan fingerprint density at radius 2 is 1.16 bits per heavy atom. The normalized spacial score (nSPS) is 23.1. The molecule has 0 aromatic heterocycles. The first-order valence-corrected chi connectivity index (χ1v) is 20.2. The monoisotopic (exact) mass is 714 g/mol. The van der Waals surface area contributed by atoms with E-state index in [-0.39, 0.29) is 13.0 Å². The van der Waals surface area contributed by atoms with Gasteiger partial charge in [-0.3, -0.25) is 4.79 Å². The summed E-state index contributed by atoms with van der Waals surface area (Å²) in [5.74, 6) is -0.636. The molecule has 0 aromatic rings. The number of hydrogen-bond acceptors (Lipinski definition) is 9. The minimum absolute atomic E-state index is 0.280. The molecule has 1 fully saturated rings. The molecule has 1 rings (SSSR count). The Morgan fingerprint density at radius 3 is 1.68 bits per heavy atom. The Morgan fingerprint density at radius 1 is 0.680 bits per heavy atom. The lowest BCUT2D eigenvalue weighted by atomic mass is 9.99. The first-order chi connectivity index (χ1) is 24.3. The van der Waals surface area contributed by atoms with Crippen LogP contribution in [0.25, 0.3) is 0 Å². The van der Waals surface area contributed by atoms with E-state index in [4.69, 9.17) is 9.47 Å². The molecule has 0 bridgehead atoms. The Labute approximate surface area is 303 Å². The molecule has 1 aliphatic rings. The summed E-state index contributed by atoms with van der Waals surface area (Å²) in [6, 6.07) is -0.983. The van der Waals surface area contributed by atoms with E-state index in [9.17, 15) is 35.4 Å². The van der Waals surface area contributed by atoms with Gasteiger partial charge in [0.1, 0.15) is 30.5 Å². The minimum Gasteiger partial charge on any atom is -0.394 e. The van der Waals surface area contributed by atoms with Crippen molar-refractivity contribution < 1.29 is 44.9 Å². The van der Waals surface area contributed by atoms with Gasteiger partial charge in [0.15, 0.2) is 6.29 Å². The topological polar surface area (TPSA) is 169 Å². The van der Waals surface area contributed by atoms with Crippen molar-refractivity contribution in [2.75, 3.05) is 13.2 Å². The van der Waals surface area contributed by atoms with Crippen molar-refractivity contribution in [2.45, 2.75) is 210 Å². The summed E-state index contributed by atoms with van der Waals surface area (Å²) < 4.78 is 11.1. The fraction of sp³-hybridized carbons (Fsp3) is 0.875. The van der Waals surface area contributed by atoms with Gasteiger partial charge in [0.25, 0.3) is 0 Å². The average molecular weight is 714 g/mol. The predicted molar refractivity (Wildman–Crippen MR) is 199 cm³/mol. The molecule has 8 atom stereocenters. The Kier molecular flexibility index (Phi) is 29.1. The fourth-order valence-electron chi connectivity index (χ4n) is 6.21. The zero-order chi connectivity index (χ0) is 36.8. The first kappa shape index (κ1) is 46.7. The zero-order valence-corrected chi connectivity index (χ0v) is 31.5. The van der Waals surface area contributed by atoms with Crippen LogP contribution >= 0.6 is 0 Å². The van der Waals surface area contributed by atoms with E-state index in [0.29, 0.717) is 6.42 Å². The van der Waals surface area contributed by atoms with Crippen LogP contribution in [-0.2, 0) is 14.3 Å². The van der Waals surface area contributed by atoms with E-state index < -0.39 is 61.5 Å². The molecule has 1 heterocycles. The van der Waals surface area contributed by atoms with Crippen molar-refractivity contribution in [1.82, 2.24) is 5.32 Å². The van der Waals surface area contributed by atoms with E-state index in [1.807, 2.05) is 6.08 Å². The number of hydrogen-bond donors (Lipinski definition) is 7. The number of unbranched alkanes of at least 4 members (excludes halogenated alkanes) is 19. The SMILES string of the molecule is CCCCCCCC=CCCCCC(O)C(=O)NC(COC1O[C@H](CO)[C@@H](O)[C@H](O)[C@H]1O)C(O)C=CCCCCCCCCCCCCCC. The maximum Gasteiger partial charge on any atom is 0.249 e. The summed E-state index contributed by atoms with van der Waals surface area (Å²) in [6.07, 6.45) is 24.1. The van der Waals surface area contributed by atoms with Crippen LogP contribution in [0.2, 0.25) is 0 Å². The number of ether oxygens (including phenoxy) is 2. The van der Waals surface area contributed by atoms with E-state index in [0.717, 1.165) is 38.5 Å². The lowest BCUT2D eigenvalue weighted by Crippen LogP contribution is -2.60. The summed E-state index contributed by atoms with van der Waals surface area (Å²) >= 11 is 0. The number of allylic oxidation sites excluding steroid dienone is 3. The second-order valence-electron chi connectivity index (χ2n) is 14.2. The summed E-state index contributed by atoms with van der Waals surface area (Å²) in [6.45, 7) is 3.54. The molecule has 4 unspecified atom stereocenters. The van der Waals surface area contributed by atoms with Crippen LogP contribution in [0.1, 0.15) is 162 Å². The van der Waals surface area contributed by atoms with E-state index in [2.05, 4.69) is 31.3 Å². The van der Waals surface area contributed by atoms with Crippen molar-refractivity contribution in [3.8, 4) is 0 Å². The molecule has 1 saturated heterocycles. The van der Waals surface area contributed by atoms with Crippen molar-refractivity contribution in [2.24, 2.45) is 0 Å². The third-order valence-corrected chi connectivity index (χ3v) is 9.63. The smallest absolute Gasteiger partial charge is 0.249 e. The van der Waals surface area contributed by atoms with Crippen LogP contribution < -0.4 is 5.32 Å². The highest BCUT2D eigenvalue weighted by molar-refractivity contribution is 5.80. The maximum absolute atomic E-state index is 12.9. The summed E-state index contributed by atoms with van der Waals surface area (Å²) in [4.78, 5) is 12.9. The third-order valence-electron chi connectivity index (χ3n) is 9.63. The molecule has 1 amide bonds. The minimum atomic E-state index is -1.61. The predicted octanol–water partition coefficient (Wildman–Crippen LogP) is 6.13. The molecule has 1 aliphatic heterocycles. The summed E-state index contributed by atoms with van der Waals surface area (Å²) in [7, 11) is 0. The van der Waals surface area contributed by atoms with Gasteiger partial charge >= 0.3 is 0 Å². The van der Waals surface area contributed by atoms with Gasteiger partial charge in [-0.05, 0) is 44.9 Å². The van der Waals surface area contributed by atoms with E-state index in [1.165, 1.54) is 96.3 Å². The lowest BCUT2D eigenvalue weighted by molar-refractivity contribution is -0.302. The van der Waals surface area contributed by atoms with Gasteiger partial charge in [-0.25, -0.2) is 0 Å². The molecule has 0 aliphatic carbocycles. The Bertz CT molecular complexity index is 855. The molecule has 0 saturated carbocycles. The second-order valence-corrected chi connectivity index (χ2v) is 14.2. The Hall–Kier alpha value is -1.37. The highest BCUT2D eigenvalue weighted by atomic mass is 16.7. The van der Waals surface area contributed by atoms with Gasteiger partial charge < -0.3 is 45.4 Å². The number of carbonyl (C=O) groups excluding carboxylic acids is 1. The molecular formula is C40H75NO9. The molecule has 7 N–H and O–H groups in total. The molecule has 0 spiro atoms. The number of nitrogens with one attached hydrogen (secondary N) is 1. The average Bonchev–Trinajstić information content (AvgIpc) is 3.11. The van der Waals surface area contributed by atoms with Crippen LogP contribution in [-0.4, -0.2) is 98.7 Å². The van der Waals surface area contributed by atoms with Crippen LogP contribution in [0, 0.1) is 0 Å². The Balaban J connectivity index is 2.53. The van der Waals surface area contributed by atoms with E-state index >= 15 is 0 Å². The number of carbonyl (C=O) groups is 1. The lowest BCUT2D eigenvalue weighted by Gasteiger charge is -2.40. The fourth-order valence-corrected chi connectivity index (χ4v) is 6.21. The number of aliphatic hydroxyl groups is 6. The van der Waals surface area contributed by atoms with Crippen molar-refractivity contribution in [3.63, 3.8) is 0 Å². The first-order valence-electron chi connectivity index (χ1n) is 20.2. The quantitative estimate of drug-likeness (QED) is 0.0320. The van der Waals surface area contributed by atoms with Crippen LogP contribution in [0.15, 0.2) is 24.3 Å². The highest BCUT2D eigenvalue weighted by Gasteiger charge is 2.44. The van der Waals surface area contributed by atoms with Gasteiger partial charge in [-0.15, -0.1) is 0 Å². The number of amides is 1. The molecular weight excluding hydrogens is 638 g/mol. The largest absolute Gasteiger partial charge is 0.394 e. The molecule has 50 heavy (non-hydrogen) atoms. The maximum atomic E-state index is 12.9. The van der Waals surface area contributed by atoms with Gasteiger partial charge in [0.05, 0.1) is 25.4 Å². The van der Waals surface area contributed by atoms with Crippen molar-refractivity contribution >= 4 is 5.91 Å². The van der Waals surface area contributed by atoms with Gasteiger partial charge in [-0.2, -0.15) is 0 Å². The third kappa shape index (κ3) is 21.9. The highest BCUT2D eigenvalue weighted by Crippen LogP contribution is 2.22. The van der Waals surface area contributed by atoms with Crippen LogP contribution in [0.3, 0.4) is 0 Å². The zero-order valence-electron chi connectivity index (χ0n) is 31.5. The molecule has 10 nitrogen and oxygen atoms in total. The van der Waals surface area contributed by atoms with E-state index in [1.54, 1.807) is 6.08 Å². The number of rotatable bonds is 32.